The SMILES string of the molecule is CC=CNc1ccccc1C(=O)O. The standard InChI is InChI=1S/C10H11NO2/c1-2-7-11-9-6-4-3-5-8(9)10(12)13/h2-7,11H,1H3,(H,12,13). The van der Waals surface area contributed by atoms with E-state index in [1.807, 2.05) is 6.92 Å². The summed E-state index contributed by atoms with van der Waals surface area (Å²) in [5.41, 5.74) is 0.883. The van der Waals surface area contributed by atoms with E-state index in [4.69, 9.17) is 5.11 Å². The highest BCUT2D eigenvalue weighted by molar-refractivity contribution is 5.94. The number of hydrogen-bond donors (Lipinski definition) is 2. The average molecular weight is 177 g/mol. The first-order chi connectivity index (χ1) is 6.25. The average Bonchev–Trinajstić information content (AvgIpc) is 2.15. The third-order valence-corrected chi connectivity index (χ3v) is 1.56. The second-order valence-corrected chi connectivity index (χ2v) is 2.50. The van der Waals surface area contributed by atoms with Crippen molar-refractivity contribution in [1.82, 2.24) is 0 Å². The summed E-state index contributed by atoms with van der Waals surface area (Å²) in [6.45, 7) is 1.86. The van der Waals surface area contributed by atoms with Crippen LogP contribution in [0, 0.1) is 0 Å². The van der Waals surface area contributed by atoms with Crippen molar-refractivity contribution in [3.8, 4) is 0 Å². The Morgan fingerprint density at radius 3 is 2.77 bits per heavy atom. The Labute approximate surface area is 76.7 Å². The Balaban J connectivity index is 2.97. The van der Waals surface area contributed by atoms with Crippen LogP contribution in [-0.2, 0) is 0 Å². The molecule has 0 spiro atoms. The van der Waals surface area contributed by atoms with Gasteiger partial charge in [0.25, 0.3) is 0 Å². The Morgan fingerprint density at radius 1 is 1.46 bits per heavy atom. The van der Waals surface area contributed by atoms with Crippen LogP contribution in [0.1, 0.15) is 17.3 Å². The van der Waals surface area contributed by atoms with E-state index in [-0.39, 0.29) is 5.56 Å². The van der Waals surface area contributed by atoms with Crippen LogP contribution in [-0.4, -0.2) is 11.1 Å². The number of anilines is 1. The van der Waals surface area contributed by atoms with Gasteiger partial charge in [-0.25, -0.2) is 4.79 Å². The number of hydrogen-bond acceptors (Lipinski definition) is 2. The van der Waals surface area contributed by atoms with Crippen molar-refractivity contribution in [3.05, 3.63) is 42.1 Å². The largest absolute Gasteiger partial charge is 0.478 e. The summed E-state index contributed by atoms with van der Waals surface area (Å²) in [6, 6.07) is 6.78. The van der Waals surface area contributed by atoms with Gasteiger partial charge in [0.2, 0.25) is 0 Å². The molecular weight excluding hydrogens is 166 g/mol. The van der Waals surface area contributed by atoms with Gasteiger partial charge in [-0.3, -0.25) is 0 Å². The number of para-hydroxylation sites is 1. The lowest BCUT2D eigenvalue weighted by atomic mass is 10.2. The van der Waals surface area contributed by atoms with Gasteiger partial charge in [-0.15, -0.1) is 0 Å². The van der Waals surface area contributed by atoms with Crippen LogP contribution in [0.25, 0.3) is 0 Å². The van der Waals surface area contributed by atoms with E-state index in [1.165, 1.54) is 0 Å². The predicted molar refractivity (Wildman–Crippen MR) is 51.8 cm³/mol. The van der Waals surface area contributed by atoms with Crippen LogP contribution in [0.5, 0.6) is 0 Å². The van der Waals surface area contributed by atoms with Crippen LogP contribution in [0.15, 0.2) is 36.5 Å². The van der Waals surface area contributed by atoms with Gasteiger partial charge in [0, 0.05) is 0 Å². The highest BCUT2D eigenvalue weighted by Gasteiger charge is 2.06. The van der Waals surface area contributed by atoms with Gasteiger partial charge in [-0.05, 0) is 25.3 Å². The first kappa shape index (κ1) is 9.32. The second-order valence-electron chi connectivity index (χ2n) is 2.50. The van der Waals surface area contributed by atoms with Crippen LogP contribution in [0.4, 0.5) is 5.69 Å². The molecular formula is C10H11NO2. The number of allylic oxidation sites excluding steroid dienone is 1. The molecule has 0 unspecified atom stereocenters. The molecule has 1 aromatic carbocycles. The van der Waals surface area contributed by atoms with Crippen molar-refractivity contribution in [2.75, 3.05) is 5.32 Å². The number of carbonyl (C=O) groups is 1. The van der Waals surface area contributed by atoms with Crippen molar-refractivity contribution in [1.29, 1.82) is 0 Å². The van der Waals surface area contributed by atoms with Gasteiger partial charge in [0.1, 0.15) is 0 Å². The highest BCUT2D eigenvalue weighted by Crippen LogP contribution is 2.14. The van der Waals surface area contributed by atoms with Gasteiger partial charge >= 0.3 is 5.97 Å². The Hall–Kier alpha value is -1.77. The van der Waals surface area contributed by atoms with Crippen molar-refractivity contribution in [3.63, 3.8) is 0 Å². The predicted octanol–water partition coefficient (Wildman–Crippen LogP) is 2.33. The molecule has 68 valence electrons. The maximum absolute atomic E-state index is 10.7. The van der Waals surface area contributed by atoms with E-state index in [0.717, 1.165) is 0 Å². The summed E-state index contributed by atoms with van der Waals surface area (Å²) >= 11 is 0. The quantitative estimate of drug-likeness (QED) is 0.744. The summed E-state index contributed by atoms with van der Waals surface area (Å²) in [5.74, 6) is -0.924. The van der Waals surface area contributed by atoms with Crippen molar-refractivity contribution in [2.45, 2.75) is 6.92 Å². The first-order valence-electron chi connectivity index (χ1n) is 3.95. The molecule has 3 heteroatoms. The molecule has 0 radical (unpaired) electrons. The van der Waals surface area contributed by atoms with Gasteiger partial charge < -0.3 is 10.4 Å². The number of benzene rings is 1. The summed E-state index contributed by atoms with van der Waals surface area (Å²) in [6.07, 6.45) is 3.50. The summed E-state index contributed by atoms with van der Waals surface area (Å²) < 4.78 is 0. The van der Waals surface area contributed by atoms with Gasteiger partial charge in [0.05, 0.1) is 11.3 Å². The molecule has 0 heterocycles. The van der Waals surface area contributed by atoms with Crippen molar-refractivity contribution < 1.29 is 9.90 Å². The van der Waals surface area contributed by atoms with E-state index in [2.05, 4.69) is 5.32 Å². The summed E-state index contributed by atoms with van der Waals surface area (Å²) in [7, 11) is 0. The fourth-order valence-corrected chi connectivity index (χ4v) is 0.969. The van der Waals surface area contributed by atoms with Gasteiger partial charge in [-0.1, -0.05) is 18.2 Å². The smallest absolute Gasteiger partial charge is 0.337 e. The van der Waals surface area contributed by atoms with E-state index in [9.17, 15) is 4.79 Å². The molecule has 1 rings (SSSR count). The molecule has 1 aromatic rings. The van der Waals surface area contributed by atoms with Crippen molar-refractivity contribution >= 4 is 11.7 Å². The Morgan fingerprint density at radius 2 is 2.15 bits per heavy atom. The Bertz CT molecular complexity index is 331. The van der Waals surface area contributed by atoms with Crippen LogP contribution in [0.2, 0.25) is 0 Å². The van der Waals surface area contributed by atoms with Gasteiger partial charge in [-0.2, -0.15) is 0 Å². The zero-order chi connectivity index (χ0) is 9.68. The summed E-state index contributed by atoms with van der Waals surface area (Å²) in [4.78, 5) is 10.7. The monoisotopic (exact) mass is 177 g/mol. The molecule has 2 N–H and O–H groups in total. The number of carboxylic acid groups (broad SMARTS) is 1. The minimum Gasteiger partial charge on any atom is -0.478 e. The lowest BCUT2D eigenvalue weighted by molar-refractivity contribution is 0.0698. The zero-order valence-corrected chi connectivity index (χ0v) is 7.32. The molecule has 0 aromatic heterocycles. The van der Waals surface area contributed by atoms with E-state index in [1.54, 1.807) is 36.5 Å². The van der Waals surface area contributed by atoms with Crippen LogP contribution >= 0.6 is 0 Å². The van der Waals surface area contributed by atoms with E-state index < -0.39 is 5.97 Å². The molecule has 0 bridgehead atoms. The fraction of sp³-hybridized carbons (Fsp3) is 0.100. The molecule has 0 saturated carbocycles. The third kappa shape index (κ3) is 2.33. The number of carboxylic acids is 1. The topological polar surface area (TPSA) is 49.3 Å². The first-order valence-corrected chi connectivity index (χ1v) is 3.95. The number of aromatic carboxylic acids is 1. The fourth-order valence-electron chi connectivity index (χ4n) is 0.969. The van der Waals surface area contributed by atoms with E-state index >= 15 is 0 Å². The normalized spacial score (nSPS) is 10.2. The highest BCUT2D eigenvalue weighted by atomic mass is 16.4. The number of nitrogens with one attached hydrogen (secondary N) is 1. The maximum atomic E-state index is 10.7. The molecule has 0 fully saturated rings. The molecule has 3 nitrogen and oxygen atoms in total. The molecule has 0 atom stereocenters. The maximum Gasteiger partial charge on any atom is 0.337 e. The Kier molecular flexibility index (Phi) is 3.09. The molecule has 0 aliphatic rings. The van der Waals surface area contributed by atoms with E-state index in [0.29, 0.717) is 5.69 Å². The van der Waals surface area contributed by atoms with Crippen LogP contribution < -0.4 is 5.32 Å². The molecule has 0 saturated heterocycles. The minimum atomic E-state index is -0.924. The number of rotatable bonds is 3. The molecule has 0 aliphatic carbocycles. The van der Waals surface area contributed by atoms with Crippen molar-refractivity contribution in [2.24, 2.45) is 0 Å². The lowest BCUT2D eigenvalue weighted by Crippen LogP contribution is -2.01. The van der Waals surface area contributed by atoms with Gasteiger partial charge in [0.15, 0.2) is 0 Å². The lowest BCUT2D eigenvalue weighted by Gasteiger charge is -2.03. The summed E-state index contributed by atoms with van der Waals surface area (Å²) in [5, 5.41) is 11.7. The van der Waals surface area contributed by atoms with Crippen LogP contribution in [0.3, 0.4) is 0 Å². The molecule has 0 aliphatic heterocycles. The molecule has 13 heavy (non-hydrogen) atoms. The third-order valence-electron chi connectivity index (χ3n) is 1.56. The molecule has 0 amide bonds. The second kappa shape index (κ2) is 4.30. The zero-order valence-electron chi connectivity index (χ0n) is 7.32. The minimum absolute atomic E-state index is 0.278.